The lowest BCUT2D eigenvalue weighted by molar-refractivity contribution is -0.116. The number of anilines is 1. The van der Waals surface area contributed by atoms with E-state index in [1.807, 2.05) is 6.92 Å². The fraction of sp³-hybridized carbons (Fsp3) is 0.450. The normalized spacial score (nSPS) is 10.4. The Balaban J connectivity index is 2.22. The second kappa shape index (κ2) is 10.7. The summed E-state index contributed by atoms with van der Waals surface area (Å²) in [6, 6.07) is 5.17. The van der Waals surface area contributed by atoms with Crippen molar-refractivity contribution in [3.8, 4) is 11.5 Å². The van der Waals surface area contributed by atoms with E-state index in [4.69, 9.17) is 9.47 Å². The summed E-state index contributed by atoms with van der Waals surface area (Å²) in [6.07, 6.45) is 4.50. The second-order valence-electron chi connectivity index (χ2n) is 6.30. The van der Waals surface area contributed by atoms with E-state index in [9.17, 15) is 9.59 Å². The number of methoxy groups -OCH3 is 2. The molecule has 2 rings (SSSR count). The van der Waals surface area contributed by atoms with Gasteiger partial charge in [-0.2, -0.15) is 0 Å². The number of unbranched alkanes of at least 4 members (excludes halogenated alkanes) is 2. The van der Waals surface area contributed by atoms with Gasteiger partial charge in [-0.05, 0) is 25.5 Å². The van der Waals surface area contributed by atoms with E-state index in [0.29, 0.717) is 28.7 Å². The quantitative estimate of drug-likeness (QED) is 0.609. The van der Waals surface area contributed by atoms with E-state index in [1.54, 1.807) is 24.4 Å². The maximum absolute atomic E-state index is 13.3. The Bertz CT molecular complexity index is 784. The predicted octanol–water partition coefficient (Wildman–Crippen LogP) is 3.74. The van der Waals surface area contributed by atoms with Gasteiger partial charge >= 0.3 is 0 Å². The number of thiazole rings is 1. The minimum atomic E-state index is -0.295. The molecule has 0 aliphatic heterocycles. The highest BCUT2D eigenvalue weighted by molar-refractivity contribution is 7.15. The topological polar surface area (TPSA) is 80.8 Å². The summed E-state index contributed by atoms with van der Waals surface area (Å²) in [5, 5.41) is 3.29. The molecule has 1 heterocycles. The summed E-state index contributed by atoms with van der Waals surface area (Å²) in [4.78, 5) is 32.4. The average Bonchev–Trinajstić information content (AvgIpc) is 3.10. The molecule has 0 saturated carbocycles. The van der Waals surface area contributed by atoms with Crippen molar-refractivity contribution in [2.24, 2.45) is 0 Å². The third kappa shape index (κ3) is 5.69. The summed E-state index contributed by atoms with van der Waals surface area (Å²) in [6.45, 7) is 4.41. The summed E-state index contributed by atoms with van der Waals surface area (Å²) >= 11 is 1.40. The minimum absolute atomic E-state index is 0.0671. The Morgan fingerprint density at radius 1 is 1.18 bits per heavy atom. The number of aryl methyl sites for hydroxylation is 1. The van der Waals surface area contributed by atoms with E-state index < -0.39 is 0 Å². The van der Waals surface area contributed by atoms with Gasteiger partial charge in [0.1, 0.15) is 23.6 Å². The maximum atomic E-state index is 13.3. The summed E-state index contributed by atoms with van der Waals surface area (Å²) in [5.41, 5.74) is 0.321. The van der Waals surface area contributed by atoms with Crippen molar-refractivity contribution in [3.63, 3.8) is 0 Å². The Labute approximate surface area is 169 Å². The molecule has 2 amide bonds. The van der Waals surface area contributed by atoms with Crippen LogP contribution < -0.4 is 14.8 Å². The van der Waals surface area contributed by atoms with Gasteiger partial charge in [-0.1, -0.05) is 25.8 Å². The first-order valence-corrected chi connectivity index (χ1v) is 10.0. The molecule has 0 aliphatic rings. The zero-order chi connectivity index (χ0) is 20.5. The van der Waals surface area contributed by atoms with Crippen molar-refractivity contribution >= 4 is 28.3 Å². The summed E-state index contributed by atoms with van der Waals surface area (Å²) in [5.74, 6) is 0.255. The van der Waals surface area contributed by atoms with Crippen molar-refractivity contribution in [1.82, 2.24) is 9.88 Å². The van der Waals surface area contributed by atoms with Gasteiger partial charge in [-0.3, -0.25) is 9.59 Å². The standard InChI is InChI=1S/C20H27N3O4S/c1-5-6-7-11-23(13-17(24)22-20-21-12-14(2)28-20)19(25)18-15(26-3)9-8-10-16(18)27-4/h8-10,12H,5-7,11,13H2,1-4H3,(H,21,22,24). The van der Waals surface area contributed by atoms with E-state index >= 15 is 0 Å². The fourth-order valence-electron chi connectivity index (χ4n) is 2.77. The van der Waals surface area contributed by atoms with Crippen LogP contribution in [0.5, 0.6) is 11.5 Å². The van der Waals surface area contributed by atoms with Gasteiger partial charge in [0.2, 0.25) is 5.91 Å². The lowest BCUT2D eigenvalue weighted by Gasteiger charge is -2.24. The number of benzene rings is 1. The Kier molecular flexibility index (Phi) is 8.25. The highest BCUT2D eigenvalue weighted by atomic mass is 32.1. The molecule has 8 heteroatoms. The number of ether oxygens (including phenoxy) is 2. The van der Waals surface area contributed by atoms with Crippen LogP contribution in [0.25, 0.3) is 0 Å². The number of rotatable bonds is 10. The molecule has 1 N–H and O–H groups in total. The molecular weight excluding hydrogens is 378 g/mol. The molecule has 1 aromatic carbocycles. The molecule has 0 unspecified atom stereocenters. The monoisotopic (exact) mass is 405 g/mol. The van der Waals surface area contributed by atoms with Crippen LogP contribution in [-0.4, -0.2) is 49.0 Å². The predicted molar refractivity (Wildman–Crippen MR) is 110 cm³/mol. The highest BCUT2D eigenvalue weighted by Crippen LogP contribution is 2.29. The summed E-state index contributed by atoms with van der Waals surface area (Å²) in [7, 11) is 3.01. The lowest BCUT2D eigenvalue weighted by atomic mass is 10.1. The average molecular weight is 406 g/mol. The molecule has 0 aliphatic carbocycles. The molecule has 0 atom stereocenters. The summed E-state index contributed by atoms with van der Waals surface area (Å²) < 4.78 is 10.7. The first kappa shape index (κ1) is 21.7. The molecule has 2 aromatic rings. The molecule has 0 fully saturated rings. The van der Waals surface area contributed by atoms with Crippen molar-refractivity contribution in [1.29, 1.82) is 0 Å². The SMILES string of the molecule is CCCCCN(CC(=O)Nc1ncc(C)s1)C(=O)c1c(OC)cccc1OC. The Hall–Kier alpha value is -2.61. The largest absolute Gasteiger partial charge is 0.496 e. The minimum Gasteiger partial charge on any atom is -0.496 e. The van der Waals surface area contributed by atoms with Crippen LogP contribution in [0.1, 0.15) is 41.4 Å². The van der Waals surface area contributed by atoms with Gasteiger partial charge in [-0.25, -0.2) is 4.98 Å². The number of hydrogen-bond donors (Lipinski definition) is 1. The molecule has 0 spiro atoms. The molecular formula is C20H27N3O4S. The third-order valence-electron chi connectivity index (χ3n) is 4.16. The van der Waals surface area contributed by atoms with Crippen molar-refractivity contribution in [2.75, 3.05) is 32.6 Å². The second-order valence-corrected chi connectivity index (χ2v) is 7.53. The number of nitrogens with zero attached hydrogens (tertiary/aromatic N) is 2. The number of hydrogen-bond acceptors (Lipinski definition) is 6. The molecule has 152 valence electrons. The smallest absolute Gasteiger partial charge is 0.261 e. The van der Waals surface area contributed by atoms with Gasteiger partial charge in [0.15, 0.2) is 5.13 Å². The molecule has 0 radical (unpaired) electrons. The van der Waals surface area contributed by atoms with Crippen LogP contribution in [0, 0.1) is 6.92 Å². The molecule has 7 nitrogen and oxygen atoms in total. The van der Waals surface area contributed by atoms with Crippen molar-refractivity contribution in [3.05, 3.63) is 34.8 Å². The Morgan fingerprint density at radius 3 is 2.39 bits per heavy atom. The zero-order valence-electron chi connectivity index (χ0n) is 16.8. The van der Waals surface area contributed by atoms with E-state index in [1.165, 1.54) is 30.5 Å². The molecule has 1 aromatic heterocycles. The van der Waals surface area contributed by atoms with Gasteiger partial charge in [0, 0.05) is 17.6 Å². The first-order valence-electron chi connectivity index (χ1n) is 9.22. The number of amides is 2. The van der Waals surface area contributed by atoms with E-state index in [-0.39, 0.29) is 18.4 Å². The van der Waals surface area contributed by atoms with Crippen LogP contribution in [0.4, 0.5) is 5.13 Å². The van der Waals surface area contributed by atoms with Crippen LogP contribution in [0.2, 0.25) is 0 Å². The molecule has 0 bridgehead atoms. The van der Waals surface area contributed by atoms with Crippen molar-refractivity contribution < 1.29 is 19.1 Å². The highest BCUT2D eigenvalue weighted by Gasteiger charge is 2.25. The van der Waals surface area contributed by atoms with Gasteiger partial charge < -0.3 is 19.7 Å². The number of nitrogens with one attached hydrogen (secondary N) is 1. The molecule has 28 heavy (non-hydrogen) atoms. The van der Waals surface area contributed by atoms with Crippen LogP contribution in [-0.2, 0) is 4.79 Å². The lowest BCUT2D eigenvalue weighted by Crippen LogP contribution is -2.39. The molecule has 0 saturated heterocycles. The number of carbonyl (C=O) groups excluding carboxylic acids is 2. The van der Waals surface area contributed by atoms with Gasteiger partial charge in [0.05, 0.1) is 14.2 Å². The maximum Gasteiger partial charge on any atom is 0.261 e. The van der Waals surface area contributed by atoms with Gasteiger partial charge in [-0.15, -0.1) is 11.3 Å². The fourth-order valence-corrected chi connectivity index (χ4v) is 3.45. The van der Waals surface area contributed by atoms with Crippen molar-refractivity contribution in [2.45, 2.75) is 33.1 Å². The van der Waals surface area contributed by atoms with Crippen LogP contribution >= 0.6 is 11.3 Å². The Morgan fingerprint density at radius 2 is 1.86 bits per heavy atom. The first-order chi connectivity index (χ1) is 13.5. The third-order valence-corrected chi connectivity index (χ3v) is 4.99. The number of aromatic nitrogens is 1. The van der Waals surface area contributed by atoms with E-state index in [0.717, 1.165) is 24.1 Å². The van der Waals surface area contributed by atoms with Crippen LogP contribution in [0.3, 0.4) is 0 Å². The van der Waals surface area contributed by atoms with Gasteiger partial charge in [0.25, 0.3) is 5.91 Å². The van der Waals surface area contributed by atoms with E-state index in [2.05, 4.69) is 17.2 Å². The van der Waals surface area contributed by atoms with Crippen LogP contribution in [0.15, 0.2) is 24.4 Å². The number of carbonyl (C=O) groups is 2. The zero-order valence-corrected chi connectivity index (χ0v) is 17.6.